The molecule has 12 rings (SSSR count). The van der Waals surface area contributed by atoms with Crippen LogP contribution in [-0.4, -0.2) is 4.98 Å². The van der Waals surface area contributed by atoms with Gasteiger partial charge in [0.15, 0.2) is 0 Å². The Morgan fingerprint density at radius 3 is 1.69 bits per heavy atom. The summed E-state index contributed by atoms with van der Waals surface area (Å²) in [6.45, 7) is 32.5. The molecule has 1 aliphatic heterocycles. The molecule has 9 aromatic carbocycles. The van der Waals surface area contributed by atoms with Gasteiger partial charge in [-0.1, -0.05) is 230 Å². The van der Waals surface area contributed by atoms with Crippen molar-refractivity contribution in [1.82, 2.24) is 4.98 Å². The van der Waals surface area contributed by atoms with Crippen LogP contribution in [0.2, 0.25) is 0 Å². The third-order valence-electron chi connectivity index (χ3n) is 17.6. The monoisotopic (exact) mass is 1310 g/mol. The first-order chi connectivity index (χ1) is 40.5. The van der Waals surface area contributed by atoms with Crippen molar-refractivity contribution >= 4 is 34.3 Å². The minimum absolute atomic E-state index is 0. The number of anilines is 6. The molecule has 2 heterocycles. The van der Waals surface area contributed by atoms with Crippen molar-refractivity contribution in [1.29, 1.82) is 0 Å². The van der Waals surface area contributed by atoms with Crippen molar-refractivity contribution in [2.24, 2.45) is 0 Å². The topological polar surface area (TPSA) is 40.6 Å². The van der Waals surface area contributed by atoms with Crippen LogP contribution in [0.25, 0.3) is 55.6 Å². The van der Waals surface area contributed by atoms with Crippen LogP contribution in [0.4, 0.5) is 34.3 Å². The van der Waals surface area contributed by atoms with E-state index in [0.717, 1.165) is 73.2 Å². The molecule has 0 fully saturated rings. The Hall–Kier alpha value is -7.98. The van der Waals surface area contributed by atoms with Crippen LogP contribution in [0.1, 0.15) is 131 Å². The number of hydrogen-bond donors (Lipinski definition) is 1. The summed E-state index contributed by atoms with van der Waals surface area (Å²) in [5.41, 5.74) is 23.2. The number of aromatic nitrogens is 1. The molecule has 0 saturated carbocycles. The van der Waals surface area contributed by atoms with E-state index < -0.39 is 0 Å². The van der Waals surface area contributed by atoms with Crippen molar-refractivity contribution < 1.29 is 25.8 Å². The summed E-state index contributed by atoms with van der Waals surface area (Å²) in [6, 6.07) is 79.2. The number of rotatable bonds is 11. The summed E-state index contributed by atoms with van der Waals surface area (Å²) >= 11 is 0. The molecule has 0 amide bonds. The van der Waals surface area contributed by atoms with Crippen molar-refractivity contribution in [2.75, 3.05) is 15.1 Å². The van der Waals surface area contributed by atoms with E-state index in [4.69, 9.17) is 9.72 Å². The average Bonchev–Trinajstić information content (AvgIpc) is 1.56. The largest absolute Gasteiger partial charge is 0.509 e. The van der Waals surface area contributed by atoms with E-state index in [1.165, 1.54) is 57.3 Å². The second kappa shape index (κ2) is 23.0. The van der Waals surface area contributed by atoms with E-state index in [0.29, 0.717) is 11.5 Å². The molecule has 0 atom stereocenters. The predicted molar refractivity (Wildman–Crippen MR) is 358 cm³/mol. The van der Waals surface area contributed by atoms with Crippen molar-refractivity contribution in [3.05, 3.63) is 253 Å². The van der Waals surface area contributed by atoms with Gasteiger partial charge in [-0.25, -0.2) is 4.98 Å². The molecule has 0 saturated heterocycles. The molecule has 10 aromatic rings. The molecule has 0 spiro atoms. The fourth-order valence-electron chi connectivity index (χ4n) is 12.5. The Bertz CT molecular complexity index is 4070. The molecular formula is C80H79N4OPt-3. The van der Waals surface area contributed by atoms with Crippen LogP contribution in [0.15, 0.2) is 206 Å². The Balaban J connectivity index is 0.00000768. The van der Waals surface area contributed by atoms with Gasteiger partial charge in [0.2, 0.25) is 0 Å². The predicted octanol–water partition coefficient (Wildman–Crippen LogP) is 22.2. The normalized spacial score (nSPS) is 14.5. The number of ether oxygens (including phenoxy) is 1. The summed E-state index contributed by atoms with van der Waals surface area (Å²) in [6.07, 6.45) is 4.43. The number of nitrogens with one attached hydrogen (secondary N) is 1. The molecule has 1 N–H and O–H groups in total. The minimum atomic E-state index is -0.150. The van der Waals surface area contributed by atoms with Gasteiger partial charge in [0, 0.05) is 78.2 Å². The molecule has 0 unspecified atom stereocenters. The number of para-hydroxylation sites is 3. The molecule has 0 bridgehead atoms. The van der Waals surface area contributed by atoms with E-state index >= 15 is 0 Å². The molecule has 1 aromatic heterocycles. The zero-order chi connectivity index (χ0) is 59.6. The van der Waals surface area contributed by atoms with Gasteiger partial charge in [0.25, 0.3) is 0 Å². The van der Waals surface area contributed by atoms with Gasteiger partial charge >= 0.3 is 0 Å². The first-order valence-electron chi connectivity index (χ1n) is 30.2. The number of fused-ring (bicyclic) bond motifs is 2. The fourth-order valence-corrected chi connectivity index (χ4v) is 12.5. The second-order valence-corrected chi connectivity index (χ2v) is 27.8. The van der Waals surface area contributed by atoms with E-state index in [1.807, 2.05) is 24.3 Å². The zero-order valence-corrected chi connectivity index (χ0v) is 54.5. The van der Waals surface area contributed by atoms with Crippen LogP contribution in [-0.2, 0) is 48.1 Å². The molecule has 5 nitrogen and oxygen atoms in total. The van der Waals surface area contributed by atoms with Crippen LogP contribution < -0.4 is 19.9 Å². The maximum atomic E-state index is 6.69. The van der Waals surface area contributed by atoms with Gasteiger partial charge < -0.3 is 19.9 Å². The van der Waals surface area contributed by atoms with E-state index in [9.17, 15) is 0 Å². The maximum absolute atomic E-state index is 6.69. The van der Waals surface area contributed by atoms with Crippen LogP contribution in [0.3, 0.4) is 0 Å². The molecule has 438 valence electrons. The van der Waals surface area contributed by atoms with Crippen molar-refractivity contribution in [2.45, 2.75) is 130 Å². The van der Waals surface area contributed by atoms with Gasteiger partial charge in [0.1, 0.15) is 5.82 Å². The van der Waals surface area contributed by atoms with Crippen LogP contribution in [0, 0.1) is 18.8 Å². The number of benzene rings is 9. The molecule has 6 heteroatoms. The summed E-state index contributed by atoms with van der Waals surface area (Å²) < 4.78 is 6.69. The summed E-state index contributed by atoms with van der Waals surface area (Å²) in [5.74, 6) is 1.97. The molecule has 1 aliphatic carbocycles. The molecule has 0 radical (unpaired) electrons. The molecular weight excluding hydrogens is 1230 g/mol. The smallest absolute Gasteiger partial charge is 0.130 e. The fraction of sp³-hybridized carbons (Fsp3) is 0.250. The molecule has 86 heavy (non-hydrogen) atoms. The van der Waals surface area contributed by atoms with Crippen molar-refractivity contribution in [3.8, 4) is 67.1 Å². The number of nitrogens with zero attached hydrogens (tertiary/aromatic N) is 3. The van der Waals surface area contributed by atoms with Crippen LogP contribution >= 0.6 is 0 Å². The second-order valence-electron chi connectivity index (χ2n) is 27.8. The molecule has 2 aliphatic rings. The SMILES string of the molecule is CC(C)(C)c1cc(-c2cccc(-c3ccccc3)c2N2[CH-]N(c3[c-]c(Oc4[c-]cc(-c5c(Nc6cc(C(C)(C)C)c(-c7ccc8c(c7)C(C)(C)CCC8(C)C)cn6)cccc5-c5ccccc5)cc4)ccc3)c3ccccc32)cc(C(C)(C)C)c1.[Pt]. The summed E-state index contributed by atoms with van der Waals surface area (Å²) in [4.78, 5) is 9.76. The van der Waals surface area contributed by atoms with Gasteiger partial charge in [-0.05, 0) is 125 Å². The maximum Gasteiger partial charge on any atom is 0.130 e. The average molecular weight is 1310 g/mol. The zero-order valence-electron chi connectivity index (χ0n) is 52.2. The Morgan fingerprint density at radius 1 is 0.488 bits per heavy atom. The quantitative estimate of drug-likeness (QED) is 0.131. The van der Waals surface area contributed by atoms with Gasteiger partial charge in [0.05, 0.1) is 0 Å². The summed E-state index contributed by atoms with van der Waals surface area (Å²) in [7, 11) is 0. The van der Waals surface area contributed by atoms with Crippen molar-refractivity contribution in [3.63, 3.8) is 0 Å². The minimum Gasteiger partial charge on any atom is -0.509 e. The van der Waals surface area contributed by atoms with Gasteiger partial charge in [-0.2, -0.15) is 18.2 Å². The third kappa shape index (κ3) is 11.8. The van der Waals surface area contributed by atoms with Gasteiger partial charge in [-0.3, -0.25) is 0 Å². The van der Waals surface area contributed by atoms with E-state index in [1.54, 1.807) is 0 Å². The van der Waals surface area contributed by atoms with Crippen LogP contribution in [0.5, 0.6) is 11.5 Å². The third-order valence-corrected chi connectivity index (χ3v) is 17.6. The first-order valence-corrected chi connectivity index (χ1v) is 30.2. The van der Waals surface area contributed by atoms with E-state index in [2.05, 4.69) is 306 Å². The Kier molecular flexibility index (Phi) is 16.0. The Morgan fingerprint density at radius 2 is 1.06 bits per heavy atom. The first kappa shape index (κ1) is 59.7. The standard InChI is InChI=1S/C80H79N4O.Pt/c1-76(2,3)58-45-57(46-59(48-58)77(4,5)6)65-33-23-32-64(54-27-18-15-19-28-54)75(65)84-52-83(71-35-20-21-36-72(71)84)60-29-22-30-62(49-60)85-61-40-37-55(38-41-61)74-63(53-25-16-14-17-26-53)31-24-34-70(74)82-73-50-68(78(7,8)9)66(51-81-73)56-39-42-67-69(47-56)80(12,13)44-43-79(67,10)11;/h14-40,42,45-48,50-52H,43-44H2,1-13H3,(H,81,82);/q-3;. The summed E-state index contributed by atoms with van der Waals surface area (Å²) in [5, 5.41) is 3.82. The van der Waals surface area contributed by atoms with Gasteiger partial charge in [-0.15, -0.1) is 48.3 Å². The number of pyridine rings is 1. The van der Waals surface area contributed by atoms with E-state index in [-0.39, 0.29) is 48.1 Å². The number of hydrogen-bond acceptors (Lipinski definition) is 5. The Labute approximate surface area is 526 Å².